The summed E-state index contributed by atoms with van der Waals surface area (Å²) >= 11 is 0. The monoisotopic (exact) mass is 273 g/mol. The van der Waals surface area contributed by atoms with E-state index < -0.39 is 11.0 Å². The summed E-state index contributed by atoms with van der Waals surface area (Å²) < 4.78 is 1.32. The molecule has 16 heavy (non-hydrogen) atoms. The molecule has 0 radical (unpaired) electrons. The summed E-state index contributed by atoms with van der Waals surface area (Å²) in [5.41, 5.74) is 5.32. The van der Waals surface area contributed by atoms with E-state index in [1.54, 1.807) is 0 Å². The molecule has 0 aromatic carbocycles. The van der Waals surface area contributed by atoms with E-state index in [9.17, 15) is 10.1 Å². The molecular weight excluding hydrogens is 261 g/mol. The zero-order valence-corrected chi connectivity index (χ0v) is 9.82. The molecule has 0 aliphatic rings. The van der Waals surface area contributed by atoms with Gasteiger partial charge in [0, 0.05) is 6.54 Å². The molecule has 1 heterocycles. The van der Waals surface area contributed by atoms with Crippen LogP contribution in [0.2, 0.25) is 0 Å². The van der Waals surface area contributed by atoms with Gasteiger partial charge in [-0.15, -0.1) is 24.8 Å². The molecule has 0 spiro atoms. The van der Waals surface area contributed by atoms with Crippen molar-refractivity contribution >= 4 is 30.8 Å². The summed E-state index contributed by atoms with van der Waals surface area (Å²) in [4.78, 5) is 18.0. The summed E-state index contributed by atoms with van der Waals surface area (Å²) in [6.07, 6.45) is 2.35. The van der Waals surface area contributed by atoms with E-state index in [0.717, 1.165) is 0 Å². The van der Waals surface area contributed by atoms with Crippen molar-refractivity contribution in [3.8, 4) is 0 Å². The minimum absolute atomic E-state index is 0. The Morgan fingerprint density at radius 3 is 2.69 bits per heavy atom. The zero-order valence-electron chi connectivity index (χ0n) is 8.18. The molecule has 0 saturated heterocycles. The fourth-order valence-corrected chi connectivity index (χ4v) is 1.01. The SMILES string of the molecule is Cl.Cl.NCC(Cn1ccnc1[N+](=O)[O-])ON. The summed E-state index contributed by atoms with van der Waals surface area (Å²) in [6, 6.07) is 0. The van der Waals surface area contributed by atoms with Crippen LogP contribution in [0.15, 0.2) is 12.4 Å². The minimum atomic E-state index is -0.579. The second kappa shape index (κ2) is 8.25. The number of nitrogens with two attached hydrogens (primary N) is 2. The van der Waals surface area contributed by atoms with Gasteiger partial charge in [-0.25, -0.2) is 10.5 Å². The first-order valence-electron chi connectivity index (χ1n) is 3.90. The first kappa shape index (κ1) is 17.5. The van der Waals surface area contributed by atoms with E-state index in [-0.39, 0.29) is 43.9 Å². The Labute approximate surface area is 104 Å². The molecule has 0 bridgehead atoms. The van der Waals surface area contributed by atoms with Crippen molar-refractivity contribution in [2.45, 2.75) is 12.6 Å². The van der Waals surface area contributed by atoms with Crippen molar-refractivity contribution in [2.24, 2.45) is 11.6 Å². The van der Waals surface area contributed by atoms with Crippen molar-refractivity contribution < 1.29 is 9.76 Å². The fraction of sp³-hybridized carbons (Fsp3) is 0.500. The van der Waals surface area contributed by atoms with Crippen LogP contribution in [0.1, 0.15) is 0 Å². The molecular formula is C6H13Cl2N5O3. The molecule has 8 nitrogen and oxygen atoms in total. The highest BCUT2D eigenvalue weighted by atomic mass is 35.5. The molecule has 0 aliphatic carbocycles. The third-order valence-corrected chi connectivity index (χ3v) is 1.71. The number of hydrogen-bond acceptors (Lipinski definition) is 6. The van der Waals surface area contributed by atoms with Crippen LogP contribution in [-0.2, 0) is 11.4 Å². The lowest BCUT2D eigenvalue weighted by atomic mass is 10.3. The number of imidazole rings is 1. The van der Waals surface area contributed by atoms with Crippen molar-refractivity contribution in [1.29, 1.82) is 0 Å². The Kier molecular flexibility index (Phi) is 9.00. The van der Waals surface area contributed by atoms with Crippen molar-refractivity contribution in [1.82, 2.24) is 9.55 Å². The number of halogens is 2. The van der Waals surface area contributed by atoms with Crippen LogP contribution in [0.4, 0.5) is 5.95 Å². The summed E-state index contributed by atoms with van der Waals surface area (Å²) in [5.74, 6) is 4.69. The van der Waals surface area contributed by atoms with Gasteiger partial charge < -0.3 is 15.8 Å². The first-order chi connectivity index (χ1) is 6.69. The van der Waals surface area contributed by atoms with Gasteiger partial charge in [-0.05, 0) is 4.92 Å². The molecule has 0 fully saturated rings. The van der Waals surface area contributed by atoms with E-state index in [1.807, 2.05) is 0 Å². The summed E-state index contributed by atoms with van der Waals surface area (Å²) in [6.45, 7) is 0.398. The van der Waals surface area contributed by atoms with Gasteiger partial charge in [0.15, 0.2) is 0 Å². The third-order valence-electron chi connectivity index (χ3n) is 1.71. The lowest BCUT2D eigenvalue weighted by molar-refractivity contribution is -0.397. The van der Waals surface area contributed by atoms with Crippen molar-refractivity contribution in [2.75, 3.05) is 6.54 Å². The highest BCUT2D eigenvalue weighted by Crippen LogP contribution is 2.08. The molecule has 94 valence electrons. The third kappa shape index (κ3) is 4.29. The lowest BCUT2D eigenvalue weighted by Crippen LogP contribution is -2.31. The van der Waals surface area contributed by atoms with Crippen LogP contribution in [-0.4, -0.2) is 27.1 Å². The number of rotatable bonds is 5. The Hall–Kier alpha value is -0.930. The smallest absolute Gasteiger partial charge is 0.390 e. The maximum absolute atomic E-state index is 10.5. The van der Waals surface area contributed by atoms with Gasteiger partial charge in [0.2, 0.25) is 0 Å². The van der Waals surface area contributed by atoms with E-state index in [0.29, 0.717) is 0 Å². The Morgan fingerprint density at radius 2 is 2.25 bits per heavy atom. The van der Waals surface area contributed by atoms with Crippen LogP contribution >= 0.6 is 24.8 Å². The molecule has 1 aromatic heterocycles. The van der Waals surface area contributed by atoms with Gasteiger partial charge in [-0.3, -0.25) is 4.84 Å². The van der Waals surface area contributed by atoms with Crippen LogP contribution < -0.4 is 11.6 Å². The summed E-state index contributed by atoms with van der Waals surface area (Å²) in [7, 11) is 0. The Morgan fingerprint density at radius 1 is 1.62 bits per heavy atom. The van der Waals surface area contributed by atoms with Gasteiger partial charge in [0.1, 0.15) is 25.0 Å². The van der Waals surface area contributed by atoms with E-state index >= 15 is 0 Å². The average Bonchev–Trinajstić information content (AvgIpc) is 2.62. The number of hydrogen-bond donors (Lipinski definition) is 2. The van der Waals surface area contributed by atoms with Crippen LogP contribution in [0.3, 0.4) is 0 Å². The zero-order chi connectivity index (χ0) is 10.6. The molecule has 1 aromatic rings. The molecule has 10 heteroatoms. The molecule has 1 atom stereocenters. The van der Waals surface area contributed by atoms with E-state index in [4.69, 9.17) is 11.6 Å². The highest BCUT2D eigenvalue weighted by molar-refractivity contribution is 5.85. The normalized spacial score (nSPS) is 11.1. The van der Waals surface area contributed by atoms with Crippen LogP contribution in [0.5, 0.6) is 0 Å². The molecule has 0 aliphatic heterocycles. The molecule has 1 rings (SSSR count). The lowest BCUT2D eigenvalue weighted by Gasteiger charge is -2.10. The maximum atomic E-state index is 10.5. The van der Waals surface area contributed by atoms with E-state index in [2.05, 4.69) is 9.82 Å². The quantitative estimate of drug-likeness (QED) is 0.568. The van der Waals surface area contributed by atoms with Gasteiger partial charge >= 0.3 is 5.95 Å². The maximum Gasteiger partial charge on any atom is 0.434 e. The van der Waals surface area contributed by atoms with Crippen LogP contribution in [0, 0.1) is 10.1 Å². The molecule has 0 saturated carbocycles. The van der Waals surface area contributed by atoms with Gasteiger partial charge in [0.05, 0.1) is 0 Å². The standard InChI is InChI=1S/C6H11N5O3.2ClH/c7-3-5(14-8)4-10-2-1-9-6(10)11(12)13;;/h1-2,5H,3-4,7-8H2;2*1H. The van der Waals surface area contributed by atoms with Gasteiger partial charge in [-0.2, -0.15) is 0 Å². The van der Waals surface area contributed by atoms with E-state index in [1.165, 1.54) is 17.0 Å². The van der Waals surface area contributed by atoms with Gasteiger partial charge in [0.25, 0.3) is 0 Å². The topological polar surface area (TPSA) is 122 Å². The second-order valence-corrected chi connectivity index (χ2v) is 2.63. The Balaban J connectivity index is 0. The number of nitro groups is 1. The number of aromatic nitrogens is 2. The average molecular weight is 274 g/mol. The fourth-order valence-electron chi connectivity index (χ4n) is 1.01. The van der Waals surface area contributed by atoms with Crippen LogP contribution in [0.25, 0.3) is 0 Å². The van der Waals surface area contributed by atoms with Crippen molar-refractivity contribution in [3.63, 3.8) is 0 Å². The molecule has 0 amide bonds. The highest BCUT2D eigenvalue weighted by Gasteiger charge is 2.17. The predicted octanol–water partition coefficient (Wildman–Crippen LogP) is -0.148. The molecule has 4 N–H and O–H groups in total. The minimum Gasteiger partial charge on any atom is -0.390 e. The predicted molar refractivity (Wildman–Crippen MR) is 61.5 cm³/mol. The number of nitrogens with zero attached hydrogens (tertiary/aromatic N) is 3. The van der Waals surface area contributed by atoms with Gasteiger partial charge in [-0.1, -0.05) is 4.98 Å². The second-order valence-electron chi connectivity index (χ2n) is 2.63. The first-order valence-corrected chi connectivity index (χ1v) is 3.90. The molecule has 1 unspecified atom stereocenters. The largest absolute Gasteiger partial charge is 0.434 e. The summed E-state index contributed by atoms with van der Waals surface area (Å²) in [5, 5.41) is 10.5. The van der Waals surface area contributed by atoms with Crippen molar-refractivity contribution in [3.05, 3.63) is 22.5 Å². The Bertz CT molecular complexity index is 317.